The van der Waals surface area contributed by atoms with Crippen LogP contribution in [0, 0.1) is 0 Å². The third-order valence-electron chi connectivity index (χ3n) is 4.31. The molecular formula is C20H19F3N2O3S. The summed E-state index contributed by atoms with van der Waals surface area (Å²) in [4.78, 5) is 18.8. The maximum Gasteiger partial charge on any atom is 0.416 e. The van der Waals surface area contributed by atoms with Crippen molar-refractivity contribution in [3.8, 4) is 11.5 Å². The summed E-state index contributed by atoms with van der Waals surface area (Å²) in [6, 6.07) is 10.0. The normalized spacial score (nSPS) is 14.0. The summed E-state index contributed by atoms with van der Waals surface area (Å²) in [6.45, 7) is 0.841. The van der Waals surface area contributed by atoms with Crippen molar-refractivity contribution < 1.29 is 27.4 Å². The highest BCUT2D eigenvalue weighted by molar-refractivity contribution is 8.13. The summed E-state index contributed by atoms with van der Waals surface area (Å²) < 4.78 is 49.1. The van der Waals surface area contributed by atoms with Gasteiger partial charge >= 0.3 is 6.18 Å². The number of carbonyl (C=O) groups excluding carboxylic acids is 1. The molecule has 1 aliphatic heterocycles. The summed E-state index contributed by atoms with van der Waals surface area (Å²) in [5.74, 6) is 0.931. The van der Waals surface area contributed by atoms with Gasteiger partial charge in [0.2, 0.25) is 0 Å². The number of methoxy groups -OCH3 is 2. The van der Waals surface area contributed by atoms with Gasteiger partial charge in [0.15, 0.2) is 5.17 Å². The molecular weight excluding hydrogens is 405 g/mol. The van der Waals surface area contributed by atoms with Gasteiger partial charge in [0.25, 0.3) is 5.91 Å². The molecule has 1 heterocycles. The van der Waals surface area contributed by atoms with Crippen LogP contribution in [0.2, 0.25) is 0 Å². The molecule has 0 atom stereocenters. The van der Waals surface area contributed by atoms with Crippen molar-refractivity contribution in [1.82, 2.24) is 4.90 Å². The fraction of sp³-hybridized carbons (Fsp3) is 0.300. The second kappa shape index (κ2) is 8.77. The van der Waals surface area contributed by atoms with Gasteiger partial charge in [-0.1, -0.05) is 30.0 Å². The Balaban J connectivity index is 1.73. The lowest BCUT2D eigenvalue weighted by molar-refractivity contribution is -0.137. The second-order valence-electron chi connectivity index (χ2n) is 6.17. The molecule has 0 saturated heterocycles. The smallest absolute Gasteiger partial charge is 0.416 e. The average Bonchev–Trinajstić information content (AvgIpc) is 3.19. The summed E-state index contributed by atoms with van der Waals surface area (Å²) in [5, 5.41) is 0.477. The van der Waals surface area contributed by atoms with Gasteiger partial charge in [-0.25, -0.2) is 0 Å². The summed E-state index contributed by atoms with van der Waals surface area (Å²) in [6.07, 6.45) is -4.39. The lowest BCUT2D eigenvalue weighted by Crippen LogP contribution is -2.33. The minimum Gasteiger partial charge on any atom is -0.497 e. The van der Waals surface area contributed by atoms with E-state index in [4.69, 9.17) is 9.47 Å². The van der Waals surface area contributed by atoms with Crippen LogP contribution in [-0.4, -0.2) is 43.3 Å². The molecule has 0 N–H and O–H groups in total. The number of nitrogens with zero attached hydrogens (tertiary/aromatic N) is 2. The lowest BCUT2D eigenvalue weighted by Gasteiger charge is -2.19. The second-order valence-corrected chi connectivity index (χ2v) is 7.12. The minimum atomic E-state index is -4.39. The number of amides is 1. The molecule has 9 heteroatoms. The molecule has 0 spiro atoms. The van der Waals surface area contributed by atoms with Gasteiger partial charge in [0.05, 0.1) is 31.9 Å². The predicted octanol–water partition coefficient (Wildman–Crippen LogP) is 4.47. The molecule has 0 radical (unpaired) electrons. The van der Waals surface area contributed by atoms with E-state index >= 15 is 0 Å². The van der Waals surface area contributed by atoms with Gasteiger partial charge in [-0.05, 0) is 23.8 Å². The highest BCUT2D eigenvalue weighted by Gasteiger charge is 2.31. The van der Waals surface area contributed by atoms with E-state index in [1.54, 1.807) is 24.3 Å². The summed E-state index contributed by atoms with van der Waals surface area (Å²) in [7, 11) is 2.98. The Kier molecular flexibility index (Phi) is 6.36. The Labute approximate surface area is 170 Å². The van der Waals surface area contributed by atoms with Crippen LogP contribution in [0.4, 0.5) is 13.2 Å². The molecule has 0 saturated carbocycles. The van der Waals surface area contributed by atoms with Crippen LogP contribution in [-0.2, 0) is 11.9 Å². The van der Waals surface area contributed by atoms with Crippen molar-refractivity contribution in [2.24, 2.45) is 4.99 Å². The van der Waals surface area contributed by atoms with Gasteiger partial charge in [0.1, 0.15) is 11.5 Å². The predicted molar refractivity (Wildman–Crippen MR) is 106 cm³/mol. The molecule has 1 aliphatic rings. The van der Waals surface area contributed by atoms with Crippen LogP contribution in [0.25, 0.3) is 0 Å². The standard InChI is InChI=1S/C20H19F3N2O3S/c1-27-15-6-7-16(17(11-15)28-2)18(26)25-9-8-24-19(25)29-12-13-4-3-5-14(10-13)20(21,22)23/h3-7,10-11H,8-9,12H2,1-2H3. The molecule has 0 bridgehead atoms. The van der Waals surface area contributed by atoms with Crippen LogP contribution in [0.1, 0.15) is 21.5 Å². The van der Waals surface area contributed by atoms with Gasteiger partial charge in [0, 0.05) is 18.4 Å². The Hall–Kier alpha value is -2.68. The van der Waals surface area contributed by atoms with E-state index in [2.05, 4.69) is 4.99 Å². The molecule has 2 aromatic carbocycles. The van der Waals surface area contributed by atoms with Crippen molar-refractivity contribution in [3.05, 3.63) is 59.2 Å². The SMILES string of the molecule is COc1ccc(C(=O)N2CCN=C2SCc2cccc(C(F)(F)F)c2)c(OC)c1. The van der Waals surface area contributed by atoms with Gasteiger partial charge in [-0.2, -0.15) is 13.2 Å². The summed E-state index contributed by atoms with van der Waals surface area (Å²) >= 11 is 1.23. The highest BCUT2D eigenvalue weighted by Crippen LogP contribution is 2.31. The molecule has 5 nitrogen and oxygen atoms in total. The van der Waals surface area contributed by atoms with Crippen LogP contribution < -0.4 is 9.47 Å². The van der Waals surface area contributed by atoms with E-state index in [-0.39, 0.29) is 11.7 Å². The zero-order chi connectivity index (χ0) is 21.0. The van der Waals surface area contributed by atoms with E-state index in [1.807, 2.05) is 0 Å². The third kappa shape index (κ3) is 4.84. The first-order valence-corrected chi connectivity index (χ1v) is 9.69. The number of thioether (sulfide) groups is 1. The van der Waals surface area contributed by atoms with Gasteiger partial charge in [-0.15, -0.1) is 0 Å². The maximum atomic E-state index is 13.0. The van der Waals surface area contributed by atoms with E-state index < -0.39 is 11.7 Å². The Bertz CT molecular complexity index is 931. The molecule has 2 aromatic rings. The number of carbonyl (C=O) groups is 1. The molecule has 29 heavy (non-hydrogen) atoms. The summed E-state index contributed by atoms with van der Waals surface area (Å²) in [5.41, 5.74) is 0.177. The van der Waals surface area contributed by atoms with Crippen molar-refractivity contribution >= 4 is 22.8 Å². The molecule has 154 valence electrons. The number of ether oxygens (including phenoxy) is 2. The number of hydrogen-bond acceptors (Lipinski definition) is 5. The van der Waals surface area contributed by atoms with E-state index in [0.29, 0.717) is 40.9 Å². The number of alkyl halides is 3. The third-order valence-corrected chi connectivity index (χ3v) is 5.39. The van der Waals surface area contributed by atoms with Crippen molar-refractivity contribution in [3.63, 3.8) is 0 Å². The largest absolute Gasteiger partial charge is 0.497 e. The number of rotatable bonds is 5. The number of aliphatic imine (C=N–C) groups is 1. The Morgan fingerprint density at radius 3 is 2.66 bits per heavy atom. The molecule has 0 aliphatic carbocycles. The zero-order valence-corrected chi connectivity index (χ0v) is 16.6. The number of benzene rings is 2. The number of hydrogen-bond donors (Lipinski definition) is 0. The fourth-order valence-corrected chi connectivity index (χ4v) is 3.83. The van der Waals surface area contributed by atoms with E-state index in [1.165, 1.54) is 36.9 Å². The Morgan fingerprint density at radius 2 is 1.97 bits per heavy atom. The monoisotopic (exact) mass is 424 g/mol. The number of halogens is 3. The topological polar surface area (TPSA) is 51.1 Å². The first kappa shape index (κ1) is 21.0. The lowest BCUT2D eigenvalue weighted by atomic mass is 10.1. The van der Waals surface area contributed by atoms with E-state index in [0.717, 1.165) is 12.1 Å². The molecule has 1 amide bonds. The quantitative estimate of drug-likeness (QED) is 0.711. The van der Waals surface area contributed by atoms with Crippen LogP contribution in [0.5, 0.6) is 11.5 Å². The van der Waals surface area contributed by atoms with E-state index in [9.17, 15) is 18.0 Å². The van der Waals surface area contributed by atoms with Crippen LogP contribution in [0.15, 0.2) is 47.5 Å². The van der Waals surface area contributed by atoms with Crippen molar-refractivity contribution in [2.45, 2.75) is 11.9 Å². The van der Waals surface area contributed by atoms with Gasteiger partial charge < -0.3 is 9.47 Å². The zero-order valence-electron chi connectivity index (χ0n) is 15.8. The molecule has 0 unspecified atom stereocenters. The first-order valence-electron chi connectivity index (χ1n) is 8.70. The first-order chi connectivity index (χ1) is 13.8. The average molecular weight is 424 g/mol. The Morgan fingerprint density at radius 1 is 1.17 bits per heavy atom. The molecule has 3 rings (SSSR count). The van der Waals surface area contributed by atoms with Crippen LogP contribution in [0.3, 0.4) is 0 Å². The highest BCUT2D eigenvalue weighted by atomic mass is 32.2. The van der Waals surface area contributed by atoms with Gasteiger partial charge in [-0.3, -0.25) is 14.7 Å². The molecule has 0 fully saturated rings. The molecule has 0 aromatic heterocycles. The fourth-order valence-electron chi connectivity index (χ4n) is 2.84. The maximum absolute atomic E-state index is 13.0. The number of amidine groups is 1. The van der Waals surface area contributed by atoms with Crippen molar-refractivity contribution in [2.75, 3.05) is 27.3 Å². The van der Waals surface area contributed by atoms with Crippen LogP contribution >= 0.6 is 11.8 Å². The van der Waals surface area contributed by atoms with Crippen molar-refractivity contribution in [1.29, 1.82) is 0 Å². The minimum absolute atomic E-state index is 0.270.